The van der Waals surface area contributed by atoms with Gasteiger partial charge in [0.25, 0.3) is 5.91 Å². The Bertz CT molecular complexity index is 1600. The van der Waals surface area contributed by atoms with Crippen LogP contribution >= 0.6 is 23.2 Å². The lowest BCUT2D eigenvalue weighted by Gasteiger charge is -2.37. The van der Waals surface area contributed by atoms with Gasteiger partial charge in [0, 0.05) is 35.9 Å². The highest BCUT2D eigenvalue weighted by molar-refractivity contribution is 6.38. The zero-order chi connectivity index (χ0) is 31.1. The zero-order valence-electron chi connectivity index (χ0n) is 25.5. The molecule has 3 aromatic rings. The zero-order valence-corrected chi connectivity index (χ0v) is 27.0. The molecular formula is C34H37Cl2N3O4. The van der Waals surface area contributed by atoms with E-state index in [2.05, 4.69) is 4.98 Å². The molecule has 1 aromatic heterocycles. The fourth-order valence-corrected chi connectivity index (χ4v) is 6.11. The van der Waals surface area contributed by atoms with Crippen molar-refractivity contribution in [2.45, 2.75) is 66.7 Å². The van der Waals surface area contributed by atoms with E-state index in [1.165, 1.54) is 0 Å². The maximum atomic E-state index is 14.0. The lowest BCUT2D eigenvalue weighted by Crippen LogP contribution is -2.47. The molecular weight excluding hydrogens is 585 g/mol. The number of hydrogen-bond donors (Lipinski definition) is 0. The largest absolute Gasteiger partial charge is 0.473 e. The van der Waals surface area contributed by atoms with Crippen molar-refractivity contribution in [2.75, 3.05) is 19.6 Å². The molecule has 2 aliphatic rings. The highest BCUT2D eigenvalue weighted by atomic mass is 35.5. The number of carbonyl (C=O) groups is 2. The number of halogens is 2. The lowest BCUT2D eigenvalue weighted by atomic mass is 9.90. The Morgan fingerprint density at radius 1 is 1.07 bits per heavy atom. The van der Waals surface area contributed by atoms with Crippen LogP contribution in [0.3, 0.4) is 0 Å². The Kier molecular flexibility index (Phi) is 8.77. The molecule has 9 heteroatoms. The number of amides is 2. The fourth-order valence-electron chi connectivity index (χ4n) is 5.42. The molecule has 0 unspecified atom stereocenters. The summed E-state index contributed by atoms with van der Waals surface area (Å²) < 4.78 is 11.7. The average molecular weight is 623 g/mol. The summed E-state index contributed by atoms with van der Waals surface area (Å²) in [7, 11) is 0. The van der Waals surface area contributed by atoms with Gasteiger partial charge in [0.1, 0.15) is 12.2 Å². The normalized spacial score (nSPS) is 14.8. The van der Waals surface area contributed by atoms with E-state index in [0.29, 0.717) is 66.3 Å². The van der Waals surface area contributed by atoms with E-state index in [0.717, 1.165) is 39.1 Å². The monoisotopic (exact) mass is 621 g/mol. The molecule has 0 atom stereocenters. The number of ether oxygens (including phenoxy) is 2. The second-order valence-electron chi connectivity index (χ2n) is 12.3. The van der Waals surface area contributed by atoms with E-state index in [-0.39, 0.29) is 12.0 Å². The van der Waals surface area contributed by atoms with Crippen LogP contribution in [-0.2, 0) is 24.3 Å². The smallest absolute Gasteiger partial charge is 0.410 e. The molecule has 0 bridgehead atoms. The quantitative estimate of drug-likeness (QED) is 0.281. The summed E-state index contributed by atoms with van der Waals surface area (Å²) in [6, 6.07) is 13.8. The molecule has 5 rings (SSSR count). The standard InChI is InChI=1S/C34H37Cl2N3O4/c1-20-14-21(2)37-31(42-19-23-10-8-7-9-11-23)27(20)18-38-13-12-25-28(35)15-26(30(36)29(25)32(38)40)22(3)24-16-39(17-24)33(41)43-34(4,5)6/h7-11,14-15H,12-13,16-19H2,1-6H3. The summed E-state index contributed by atoms with van der Waals surface area (Å²) >= 11 is 13.7. The number of likely N-dealkylation sites (tertiary alicyclic amines) is 1. The Morgan fingerprint density at radius 3 is 2.44 bits per heavy atom. The van der Waals surface area contributed by atoms with Crippen LogP contribution in [0.25, 0.3) is 5.57 Å². The van der Waals surface area contributed by atoms with E-state index < -0.39 is 5.60 Å². The lowest BCUT2D eigenvalue weighted by molar-refractivity contribution is 0.0215. The second kappa shape index (κ2) is 12.2. The van der Waals surface area contributed by atoms with Crippen molar-refractivity contribution in [2.24, 2.45) is 0 Å². The van der Waals surface area contributed by atoms with Gasteiger partial charge in [0.15, 0.2) is 0 Å². The van der Waals surface area contributed by atoms with Crippen LogP contribution in [0.4, 0.5) is 4.79 Å². The molecule has 43 heavy (non-hydrogen) atoms. The highest BCUT2D eigenvalue weighted by Crippen LogP contribution is 2.40. The molecule has 1 fully saturated rings. The van der Waals surface area contributed by atoms with Crippen molar-refractivity contribution < 1.29 is 19.1 Å². The SMILES string of the molecule is CC(=C1CN(C(=O)OC(C)(C)C)C1)c1cc(Cl)c2c(c1Cl)C(=O)N(Cc1c(C)cc(C)nc1OCc1ccccc1)CC2. The van der Waals surface area contributed by atoms with E-state index in [1.54, 1.807) is 9.80 Å². The van der Waals surface area contributed by atoms with Crippen LogP contribution in [0.2, 0.25) is 10.0 Å². The van der Waals surface area contributed by atoms with Gasteiger partial charge in [-0.15, -0.1) is 0 Å². The number of aryl methyl sites for hydroxylation is 2. The Labute approximate surface area is 263 Å². The van der Waals surface area contributed by atoms with Gasteiger partial charge >= 0.3 is 6.09 Å². The van der Waals surface area contributed by atoms with Crippen LogP contribution in [0.5, 0.6) is 5.88 Å². The molecule has 0 radical (unpaired) electrons. The van der Waals surface area contributed by atoms with E-state index in [1.807, 2.05) is 84.0 Å². The van der Waals surface area contributed by atoms with Crippen LogP contribution < -0.4 is 4.74 Å². The summed E-state index contributed by atoms with van der Waals surface area (Å²) in [5.74, 6) is 0.351. The Balaban J connectivity index is 1.39. The van der Waals surface area contributed by atoms with Crippen molar-refractivity contribution in [3.63, 3.8) is 0 Å². The first-order valence-corrected chi connectivity index (χ1v) is 15.2. The van der Waals surface area contributed by atoms with Gasteiger partial charge in [0.2, 0.25) is 5.88 Å². The van der Waals surface area contributed by atoms with Crippen LogP contribution in [-0.4, -0.2) is 52.0 Å². The van der Waals surface area contributed by atoms with E-state index in [4.69, 9.17) is 32.7 Å². The van der Waals surface area contributed by atoms with E-state index >= 15 is 0 Å². The molecule has 1 saturated heterocycles. The predicted octanol–water partition coefficient (Wildman–Crippen LogP) is 7.81. The van der Waals surface area contributed by atoms with Crippen molar-refractivity contribution in [1.82, 2.24) is 14.8 Å². The number of carbonyl (C=O) groups excluding carboxylic acids is 2. The van der Waals surface area contributed by atoms with Crippen LogP contribution in [0, 0.1) is 13.8 Å². The topological polar surface area (TPSA) is 72.0 Å². The van der Waals surface area contributed by atoms with Crippen LogP contribution in [0.15, 0.2) is 48.0 Å². The molecule has 0 saturated carbocycles. The molecule has 7 nitrogen and oxygen atoms in total. The number of aromatic nitrogens is 1. The van der Waals surface area contributed by atoms with E-state index in [9.17, 15) is 9.59 Å². The third kappa shape index (κ3) is 6.68. The minimum absolute atomic E-state index is 0.175. The molecule has 2 aromatic carbocycles. The third-order valence-corrected chi connectivity index (χ3v) is 8.53. The molecule has 3 heterocycles. The molecule has 2 aliphatic heterocycles. The van der Waals surface area contributed by atoms with Crippen molar-refractivity contribution in [3.05, 3.63) is 97.2 Å². The average Bonchev–Trinajstić information content (AvgIpc) is 2.90. The first kappa shape index (κ1) is 30.9. The highest BCUT2D eigenvalue weighted by Gasteiger charge is 2.34. The number of pyridine rings is 1. The van der Waals surface area contributed by atoms with Gasteiger partial charge in [-0.3, -0.25) is 4.79 Å². The summed E-state index contributed by atoms with van der Waals surface area (Å²) in [5, 5.41) is 0.903. The minimum Gasteiger partial charge on any atom is -0.473 e. The summed E-state index contributed by atoms with van der Waals surface area (Å²) in [6.45, 7) is 13.5. The fraction of sp³-hybridized carbons (Fsp3) is 0.382. The predicted molar refractivity (Wildman–Crippen MR) is 170 cm³/mol. The maximum Gasteiger partial charge on any atom is 0.410 e. The van der Waals surface area contributed by atoms with Crippen LogP contribution in [0.1, 0.15) is 71.6 Å². The summed E-state index contributed by atoms with van der Waals surface area (Å²) in [5.41, 5.74) is 7.06. The summed E-state index contributed by atoms with van der Waals surface area (Å²) in [6.07, 6.45) is 0.234. The molecule has 2 amide bonds. The van der Waals surface area contributed by atoms with Gasteiger partial charge in [-0.2, -0.15) is 0 Å². The Hall–Kier alpha value is -3.55. The van der Waals surface area contributed by atoms with Gasteiger partial charge in [-0.25, -0.2) is 9.78 Å². The number of fused-ring (bicyclic) bond motifs is 1. The van der Waals surface area contributed by atoms with Gasteiger partial charge in [-0.05, 0) is 93.5 Å². The number of allylic oxidation sites excluding steroid dienone is 1. The minimum atomic E-state index is -0.560. The summed E-state index contributed by atoms with van der Waals surface area (Å²) in [4.78, 5) is 34.5. The maximum absolute atomic E-state index is 14.0. The first-order valence-electron chi connectivity index (χ1n) is 14.4. The number of benzene rings is 2. The van der Waals surface area contributed by atoms with Crippen molar-refractivity contribution >= 4 is 40.8 Å². The van der Waals surface area contributed by atoms with Gasteiger partial charge < -0.3 is 19.3 Å². The molecule has 0 spiro atoms. The van der Waals surface area contributed by atoms with Crippen molar-refractivity contribution in [3.8, 4) is 5.88 Å². The number of nitrogens with zero attached hydrogens (tertiary/aromatic N) is 3. The molecule has 0 aliphatic carbocycles. The van der Waals surface area contributed by atoms with Gasteiger partial charge in [0.05, 0.1) is 17.1 Å². The first-order chi connectivity index (χ1) is 20.3. The van der Waals surface area contributed by atoms with Crippen molar-refractivity contribution in [1.29, 1.82) is 0 Å². The van der Waals surface area contributed by atoms with Gasteiger partial charge in [-0.1, -0.05) is 53.5 Å². The molecule has 226 valence electrons. The number of hydrogen-bond acceptors (Lipinski definition) is 5. The number of rotatable bonds is 6. The Morgan fingerprint density at radius 2 is 1.77 bits per heavy atom. The third-order valence-electron chi connectivity index (χ3n) is 7.80. The molecule has 0 N–H and O–H groups in total. The second-order valence-corrected chi connectivity index (χ2v) is 13.0.